The highest BCUT2D eigenvalue weighted by Gasteiger charge is 2.33. The van der Waals surface area contributed by atoms with Gasteiger partial charge in [-0.1, -0.05) is 0 Å². The third kappa shape index (κ3) is 1.32. The van der Waals surface area contributed by atoms with Crippen molar-refractivity contribution in [2.24, 2.45) is 0 Å². The third-order valence-electron chi connectivity index (χ3n) is 2.54. The topological polar surface area (TPSA) is 49.8 Å². The maximum absolute atomic E-state index is 11.3. The van der Waals surface area contributed by atoms with Gasteiger partial charge in [0.2, 0.25) is 5.91 Å². The third-order valence-corrected chi connectivity index (χ3v) is 2.54. The van der Waals surface area contributed by atoms with E-state index in [0.717, 1.165) is 0 Å². The predicted molar refractivity (Wildman–Crippen MR) is 41.6 cm³/mol. The minimum absolute atomic E-state index is 0.0677. The molecular formula is C8H13NO3. The summed E-state index contributed by atoms with van der Waals surface area (Å²) in [6.07, 6.45) is 1.13. The van der Waals surface area contributed by atoms with Crippen LogP contribution in [0.4, 0.5) is 0 Å². The first-order chi connectivity index (χ1) is 5.77. The zero-order chi connectivity index (χ0) is 8.55. The van der Waals surface area contributed by atoms with Crippen molar-refractivity contribution in [3.05, 3.63) is 0 Å². The monoisotopic (exact) mass is 171 g/mol. The molecule has 4 nitrogen and oxygen atoms in total. The number of rotatable bonds is 0. The molecule has 2 unspecified atom stereocenters. The van der Waals surface area contributed by atoms with Gasteiger partial charge in [-0.15, -0.1) is 0 Å². The highest BCUT2D eigenvalue weighted by molar-refractivity contribution is 5.78. The summed E-state index contributed by atoms with van der Waals surface area (Å²) in [5.74, 6) is 0.0677. The van der Waals surface area contributed by atoms with Gasteiger partial charge >= 0.3 is 0 Å². The average molecular weight is 171 g/mol. The Balaban J connectivity index is 2.04. The SMILES string of the molecule is O=C1COCC2CC(O)CCN12. The number of carbonyl (C=O) groups is 1. The second-order valence-corrected chi connectivity index (χ2v) is 3.43. The van der Waals surface area contributed by atoms with Gasteiger partial charge in [0.25, 0.3) is 0 Å². The van der Waals surface area contributed by atoms with Crippen LogP contribution in [0.15, 0.2) is 0 Å². The number of amides is 1. The van der Waals surface area contributed by atoms with Crippen molar-refractivity contribution in [1.82, 2.24) is 4.90 Å². The molecule has 2 aliphatic heterocycles. The largest absolute Gasteiger partial charge is 0.393 e. The molecule has 2 saturated heterocycles. The minimum atomic E-state index is -0.249. The zero-order valence-electron chi connectivity index (χ0n) is 6.90. The number of ether oxygens (including phenoxy) is 1. The number of nitrogens with zero attached hydrogens (tertiary/aromatic N) is 1. The predicted octanol–water partition coefficient (Wildman–Crippen LogP) is -0.632. The molecule has 0 spiro atoms. The van der Waals surface area contributed by atoms with Crippen molar-refractivity contribution < 1.29 is 14.6 Å². The van der Waals surface area contributed by atoms with Crippen molar-refractivity contribution >= 4 is 5.91 Å². The highest BCUT2D eigenvalue weighted by Crippen LogP contribution is 2.20. The van der Waals surface area contributed by atoms with Crippen LogP contribution in [0.2, 0.25) is 0 Å². The molecule has 12 heavy (non-hydrogen) atoms. The van der Waals surface area contributed by atoms with Crippen LogP contribution in [-0.4, -0.2) is 47.8 Å². The van der Waals surface area contributed by atoms with E-state index in [1.54, 1.807) is 0 Å². The number of aliphatic hydroxyl groups excluding tert-OH is 1. The Morgan fingerprint density at radius 1 is 1.58 bits per heavy atom. The van der Waals surface area contributed by atoms with E-state index < -0.39 is 0 Å². The number of hydrogen-bond acceptors (Lipinski definition) is 3. The lowest BCUT2D eigenvalue weighted by Crippen LogP contribution is -2.54. The molecule has 0 bridgehead atoms. The molecule has 0 aromatic carbocycles. The summed E-state index contributed by atoms with van der Waals surface area (Å²) >= 11 is 0. The van der Waals surface area contributed by atoms with Crippen LogP contribution in [0.3, 0.4) is 0 Å². The molecule has 0 aromatic rings. The molecular weight excluding hydrogens is 158 g/mol. The Morgan fingerprint density at radius 2 is 2.42 bits per heavy atom. The molecule has 2 rings (SSSR count). The normalized spacial score (nSPS) is 36.4. The molecule has 1 amide bonds. The standard InChI is InChI=1S/C8H13NO3/c10-7-1-2-9-6(3-7)4-12-5-8(9)11/h6-7,10H,1-5H2. The van der Waals surface area contributed by atoms with E-state index in [1.165, 1.54) is 0 Å². The number of piperidine rings is 1. The molecule has 4 heteroatoms. The summed E-state index contributed by atoms with van der Waals surface area (Å²) in [7, 11) is 0. The fourth-order valence-corrected chi connectivity index (χ4v) is 1.88. The maximum atomic E-state index is 11.3. The summed E-state index contributed by atoms with van der Waals surface area (Å²) in [6, 6.07) is 0.120. The van der Waals surface area contributed by atoms with Crippen molar-refractivity contribution in [3.63, 3.8) is 0 Å². The van der Waals surface area contributed by atoms with Crippen LogP contribution >= 0.6 is 0 Å². The van der Waals surface area contributed by atoms with Crippen LogP contribution < -0.4 is 0 Å². The van der Waals surface area contributed by atoms with E-state index in [9.17, 15) is 9.90 Å². The first-order valence-electron chi connectivity index (χ1n) is 4.32. The summed E-state index contributed by atoms with van der Waals surface area (Å²) in [6.45, 7) is 1.49. The molecule has 0 aromatic heterocycles. The van der Waals surface area contributed by atoms with Crippen molar-refractivity contribution in [2.75, 3.05) is 19.8 Å². The van der Waals surface area contributed by atoms with Gasteiger partial charge < -0.3 is 14.7 Å². The molecule has 1 N–H and O–H groups in total. The lowest BCUT2D eigenvalue weighted by atomic mass is 9.99. The second-order valence-electron chi connectivity index (χ2n) is 3.43. The lowest BCUT2D eigenvalue weighted by Gasteiger charge is -2.40. The van der Waals surface area contributed by atoms with E-state index in [4.69, 9.17) is 4.74 Å². The Labute approximate surface area is 71.1 Å². The van der Waals surface area contributed by atoms with E-state index in [-0.39, 0.29) is 24.7 Å². The number of carbonyl (C=O) groups excluding carboxylic acids is 1. The lowest BCUT2D eigenvalue weighted by molar-refractivity contribution is -0.153. The maximum Gasteiger partial charge on any atom is 0.248 e. The number of hydrogen-bond donors (Lipinski definition) is 1. The Kier molecular flexibility index (Phi) is 2.02. The molecule has 0 radical (unpaired) electrons. The van der Waals surface area contributed by atoms with Crippen LogP contribution in [0.5, 0.6) is 0 Å². The molecule has 2 heterocycles. The summed E-state index contributed by atoms with van der Waals surface area (Å²) in [5.41, 5.74) is 0. The highest BCUT2D eigenvalue weighted by atomic mass is 16.5. The average Bonchev–Trinajstić information content (AvgIpc) is 2.04. The van der Waals surface area contributed by atoms with Gasteiger partial charge in [0.1, 0.15) is 6.61 Å². The van der Waals surface area contributed by atoms with E-state index >= 15 is 0 Å². The second kappa shape index (κ2) is 3.03. The summed E-state index contributed by atoms with van der Waals surface area (Å²) in [5, 5.41) is 9.34. The smallest absolute Gasteiger partial charge is 0.248 e. The van der Waals surface area contributed by atoms with Gasteiger partial charge in [-0.05, 0) is 12.8 Å². The number of morpholine rings is 1. The molecule has 68 valence electrons. The van der Waals surface area contributed by atoms with Gasteiger partial charge in [-0.2, -0.15) is 0 Å². The van der Waals surface area contributed by atoms with Crippen molar-refractivity contribution in [1.29, 1.82) is 0 Å². The Hall–Kier alpha value is -0.610. The molecule has 2 fully saturated rings. The van der Waals surface area contributed by atoms with E-state index in [1.807, 2.05) is 4.90 Å². The number of fused-ring (bicyclic) bond motifs is 1. The first kappa shape index (κ1) is 8.01. The van der Waals surface area contributed by atoms with Crippen LogP contribution in [-0.2, 0) is 9.53 Å². The van der Waals surface area contributed by atoms with E-state index in [2.05, 4.69) is 0 Å². The fraction of sp³-hybridized carbons (Fsp3) is 0.875. The quantitative estimate of drug-likeness (QED) is 0.528. The van der Waals surface area contributed by atoms with E-state index in [0.29, 0.717) is 26.0 Å². The number of aliphatic hydroxyl groups is 1. The van der Waals surface area contributed by atoms with Crippen LogP contribution in [0.25, 0.3) is 0 Å². The van der Waals surface area contributed by atoms with Gasteiger partial charge in [0.05, 0.1) is 18.8 Å². The molecule has 0 aliphatic carbocycles. The van der Waals surface area contributed by atoms with Gasteiger partial charge in [-0.3, -0.25) is 4.79 Å². The van der Waals surface area contributed by atoms with Crippen molar-refractivity contribution in [3.8, 4) is 0 Å². The van der Waals surface area contributed by atoms with Gasteiger partial charge in [0, 0.05) is 6.54 Å². The Bertz CT molecular complexity index is 195. The summed E-state index contributed by atoms with van der Waals surface area (Å²) in [4.78, 5) is 13.1. The van der Waals surface area contributed by atoms with Gasteiger partial charge in [-0.25, -0.2) is 0 Å². The zero-order valence-corrected chi connectivity index (χ0v) is 6.90. The molecule has 0 saturated carbocycles. The van der Waals surface area contributed by atoms with Gasteiger partial charge in [0.15, 0.2) is 0 Å². The van der Waals surface area contributed by atoms with Crippen LogP contribution in [0, 0.1) is 0 Å². The Morgan fingerprint density at radius 3 is 3.25 bits per heavy atom. The summed E-state index contributed by atoms with van der Waals surface area (Å²) < 4.78 is 5.10. The van der Waals surface area contributed by atoms with Crippen molar-refractivity contribution in [2.45, 2.75) is 25.0 Å². The molecule has 2 aliphatic rings. The first-order valence-corrected chi connectivity index (χ1v) is 4.32. The van der Waals surface area contributed by atoms with Crippen LogP contribution in [0.1, 0.15) is 12.8 Å². The molecule has 2 atom stereocenters. The fourth-order valence-electron chi connectivity index (χ4n) is 1.88. The minimum Gasteiger partial charge on any atom is -0.393 e.